The molecule has 11 nitrogen and oxygen atoms in total. The maximum atomic E-state index is 5.39. The number of aromatic amines is 1. The average Bonchev–Trinajstić information content (AvgIpc) is 3.17. The first-order valence-corrected chi connectivity index (χ1v) is 8.53. The highest BCUT2D eigenvalue weighted by Gasteiger charge is 2.15. The van der Waals surface area contributed by atoms with Gasteiger partial charge in [-0.1, -0.05) is 0 Å². The van der Waals surface area contributed by atoms with Gasteiger partial charge in [-0.2, -0.15) is 4.98 Å². The lowest BCUT2D eigenvalue weighted by molar-refractivity contribution is 0.324. The van der Waals surface area contributed by atoms with Crippen LogP contribution in [0.2, 0.25) is 0 Å². The van der Waals surface area contributed by atoms with Gasteiger partial charge in [0.1, 0.15) is 11.8 Å². The van der Waals surface area contributed by atoms with E-state index in [0.717, 1.165) is 0 Å². The van der Waals surface area contributed by atoms with Crippen LogP contribution in [-0.4, -0.2) is 51.2 Å². The molecule has 0 radical (unpaired) electrons. The van der Waals surface area contributed by atoms with Crippen molar-refractivity contribution in [3.8, 4) is 17.2 Å². The van der Waals surface area contributed by atoms with Crippen molar-refractivity contribution in [1.82, 2.24) is 29.9 Å². The molecule has 0 bridgehead atoms. The van der Waals surface area contributed by atoms with Gasteiger partial charge in [0.05, 0.1) is 21.3 Å². The summed E-state index contributed by atoms with van der Waals surface area (Å²) in [5.74, 6) is 2.93. The Labute approximate surface area is 165 Å². The molecule has 0 aliphatic heterocycles. The Kier molecular flexibility index (Phi) is 4.93. The summed E-state index contributed by atoms with van der Waals surface area (Å²) in [6, 6.07) is 5.29. The number of nitrogens with one attached hydrogen (secondary N) is 3. The first-order chi connectivity index (χ1) is 14.2. The fraction of sp³-hybridized carbons (Fsp3) is 0.167. The molecule has 0 saturated carbocycles. The topological polar surface area (TPSA) is 132 Å². The summed E-state index contributed by atoms with van der Waals surface area (Å²) < 4.78 is 16.1. The molecule has 11 heteroatoms. The minimum atomic E-state index is 0.415. The fourth-order valence-corrected chi connectivity index (χ4v) is 2.74. The predicted molar refractivity (Wildman–Crippen MR) is 106 cm³/mol. The van der Waals surface area contributed by atoms with Crippen LogP contribution in [-0.2, 0) is 0 Å². The molecule has 0 atom stereocenters. The summed E-state index contributed by atoms with van der Waals surface area (Å²) in [6.45, 7) is 0. The van der Waals surface area contributed by atoms with E-state index in [1.807, 2.05) is 0 Å². The number of anilines is 4. The quantitative estimate of drug-likeness (QED) is 0.430. The Hall–Kier alpha value is -4.15. The number of methoxy groups -OCH3 is 3. The molecule has 3 heterocycles. The second kappa shape index (κ2) is 7.84. The number of fused-ring (bicyclic) bond motifs is 1. The zero-order valence-corrected chi connectivity index (χ0v) is 15.9. The van der Waals surface area contributed by atoms with Crippen LogP contribution in [0.15, 0.2) is 36.9 Å². The third kappa shape index (κ3) is 3.65. The lowest BCUT2D eigenvalue weighted by Gasteiger charge is -2.14. The van der Waals surface area contributed by atoms with Crippen molar-refractivity contribution in [2.24, 2.45) is 0 Å². The Morgan fingerprint density at radius 3 is 2.24 bits per heavy atom. The summed E-state index contributed by atoms with van der Waals surface area (Å²) >= 11 is 0. The molecule has 4 rings (SSSR count). The smallest absolute Gasteiger partial charge is 0.229 e. The first kappa shape index (κ1) is 18.2. The van der Waals surface area contributed by atoms with Gasteiger partial charge < -0.3 is 24.5 Å². The molecule has 4 aromatic rings. The number of imidazole rings is 1. The molecule has 0 amide bonds. The number of hydrogen-bond acceptors (Lipinski definition) is 10. The zero-order chi connectivity index (χ0) is 20.2. The van der Waals surface area contributed by atoms with Gasteiger partial charge in [-0.25, -0.2) is 19.9 Å². The Morgan fingerprint density at radius 2 is 1.59 bits per heavy atom. The van der Waals surface area contributed by atoms with Crippen LogP contribution in [0.3, 0.4) is 0 Å². The summed E-state index contributed by atoms with van der Waals surface area (Å²) in [6.07, 6.45) is 4.69. The monoisotopic (exact) mass is 394 g/mol. The summed E-state index contributed by atoms with van der Waals surface area (Å²) in [4.78, 5) is 24.3. The highest BCUT2D eigenvalue weighted by molar-refractivity contribution is 5.87. The molecule has 0 spiro atoms. The van der Waals surface area contributed by atoms with Crippen molar-refractivity contribution < 1.29 is 14.2 Å². The summed E-state index contributed by atoms with van der Waals surface area (Å²) in [5, 5.41) is 6.22. The minimum Gasteiger partial charge on any atom is -0.493 e. The highest BCUT2D eigenvalue weighted by atomic mass is 16.5. The number of H-pyrrole nitrogens is 1. The van der Waals surface area contributed by atoms with Crippen molar-refractivity contribution in [2.45, 2.75) is 0 Å². The molecule has 0 aliphatic rings. The minimum absolute atomic E-state index is 0.415. The van der Waals surface area contributed by atoms with Crippen molar-refractivity contribution >= 4 is 34.6 Å². The number of nitrogens with zero attached hydrogens (tertiary/aromatic N) is 5. The van der Waals surface area contributed by atoms with Crippen molar-refractivity contribution in [1.29, 1.82) is 0 Å². The zero-order valence-electron chi connectivity index (χ0n) is 15.9. The van der Waals surface area contributed by atoms with Crippen LogP contribution in [0.5, 0.6) is 17.2 Å². The lowest BCUT2D eigenvalue weighted by Crippen LogP contribution is -2.00. The van der Waals surface area contributed by atoms with E-state index in [4.69, 9.17) is 14.2 Å². The molecule has 0 fully saturated rings. The number of rotatable bonds is 7. The maximum Gasteiger partial charge on any atom is 0.229 e. The van der Waals surface area contributed by atoms with Crippen LogP contribution in [0.1, 0.15) is 0 Å². The van der Waals surface area contributed by atoms with Crippen molar-refractivity contribution in [3.63, 3.8) is 0 Å². The standard InChI is InChI=1S/C18H18N8O3/c1-27-11-7-10(8-12(28-2)14(11)29-3)23-15-13-16(22-9-21-15)25-18(24-13)26-17-19-5-4-6-20-17/h4-9H,1-3H3,(H3,19,20,21,22,23,24,25,26). The molecule has 1 aromatic carbocycles. The van der Waals surface area contributed by atoms with Gasteiger partial charge >= 0.3 is 0 Å². The van der Waals surface area contributed by atoms with E-state index in [2.05, 4.69) is 40.5 Å². The second-order valence-corrected chi connectivity index (χ2v) is 5.74. The molecule has 0 saturated heterocycles. The van der Waals surface area contributed by atoms with Gasteiger partial charge in [-0.3, -0.25) is 5.32 Å². The van der Waals surface area contributed by atoms with Crippen LogP contribution >= 0.6 is 0 Å². The number of ether oxygens (including phenoxy) is 3. The Morgan fingerprint density at radius 1 is 0.862 bits per heavy atom. The normalized spacial score (nSPS) is 10.6. The van der Waals surface area contributed by atoms with Crippen LogP contribution in [0.25, 0.3) is 11.2 Å². The number of benzene rings is 1. The van der Waals surface area contributed by atoms with Crippen molar-refractivity contribution in [2.75, 3.05) is 32.0 Å². The third-order valence-corrected chi connectivity index (χ3v) is 4.01. The van der Waals surface area contributed by atoms with E-state index >= 15 is 0 Å². The molecule has 0 aliphatic carbocycles. The molecular formula is C18H18N8O3. The summed E-state index contributed by atoms with van der Waals surface area (Å²) in [5.41, 5.74) is 1.78. The average molecular weight is 394 g/mol. The molecule has 29 heavy (non-hydrogen) atoms. The van der Waals surface area contributed by atoms with E-state index in [9.17, 15) is 0 Å². The lowest BCUT2D eigenvalue weighted by atomic mass is 10.2. The van der Waals surface area contributed by atoms with E-state index < -0.39 is 0 Å². The molecule has 148 valence electrons. The highest BCUT2D eigenvalue weighted by Crippen LogP contribution is 2.40. The van der Waals surface area contributed by atoms with Crippen LogP contribution in [0, 0.1) is 0 Å². The van der Waals surface area contributed by atoms with Gasteiger partial charge in [-0.15, -0.1) is 0 Å². The molecule has 0 unspecified atom stereocenters. The first-order valence-electron chi connectivity index (χ1n) is 8.53. The SMILES string of the molecule is COc1cc(Nc2ncnc3nc(Nc4ncccn4)[nH]c23)cc(OC)c1OC. The van der Waals surface area contributed by atoms with E-state index in [1.165, 1.54) is 6.33 Å². The van der Waals surface area contributed by atoms with E-state index in [1.54, 1.807) is 51.9 Å². The fourth-order valence-electron chi connectivity index (χ4n) is 2.74. The maximum absolute atomic E-state index is 5.39. The molecule has 3 aromatic heterocycles. The molecular weight excluding hydrogens is 376 g/mol. The van der Waals surface area contributed by atoms with Gasteiger partial charge in [0.2, 0.25) is 17.6 Å². The Bertz CT molecular complexity index is 1110. The third-order valence-electron chi connectivity index (χ3n) is 4.01. The van der Waals surface area contributed by atoms with Crippen LogP contribution < -0.4 is 24.8 Å². The second-order valence-electron chi connectivity index (χ2n) is 5.74. The summed E-state index contributed by atoms with van der Waals surface area (Å²) in [7, 11) is 4.67. The number of hydrogen-bond donors (Lipinski definition) is 3. The predicted octanol–water partition coefficient (Wildman–Crippen LogP) is 2.66. The number of aromatic nitrogens is 6. The largest absolute Gasteiger partial charge is 0.493 e. The van der Waals surface area contributed by atoms with Gasteiger partial charge in [-0.05, 0) is 6.07 Å². The van der Waals surface area contributed by atoms with E-state index in [0.29, 0.717) is 51.8 Å². The Balaban J connectivity index is 1.68. The van der Waals surface area contributed by atoms with Gasteiger partial charge in [0.25, 0.3) is 0 Å². The van der Waals surface area contributed by atoms with Gasteiger partial charge in [0, 0.05) is 30.2 Å². The van der Waals surface area contributed by atoms with Gasteiger partial charge in [0.15, 0.2) is 23.0 Å². The molecule has 3 N–H and O–H groups in total. The van der Waals surface area contributed by atoms with E-state index in [-0.39, 0.29) is 0 Å². The van der Waals surface area contributed by atoms with Crippen LogP contribution in [0.4, 0.5) is 23.4 Å². The van der Waals surface area contributed by atoms with Crippen molar-refractivity contribution in [3.05, 3.63) is 36.9 Å².